The lowest BCUT2D eigenvalue weighted by Gasteiger charge is -2.34. The number of nitrogens with zero attached hydrogens (tertiary/aromatic N) is 3. The molecule has 7 atom stereocenters. The number of carbonyl (C=O) groups excluding carboxylic acids is 7. The highest BCUT2D eigenvalue weighted by molar-refractivity contribution is 5.98. The molecular formula is C36H47F3N6O8. The first-order valence-electron chi connectivity index (χ1n) is 17.8. The molecule has 6 amide bonds. The fourth-order valence-corrected chi connectivity index (χ4v) is 6.60. The number of unbranched alkanes of at least 4 members (excludes halogenated alkanes) is 2. The molecule has 0 aliphatic carbocycles. The third kappa shape index (κ3) is 10.3. The zero-order valence-electron chi connectivity index (χ0n) is 30.2. The van der Waals surface area contributed by atoms with Gasteiger partial charge < -0.3 is 35.4 Å². The number of likely N-dealkylation sites (N-methyl/N-ethyl adjacent to an activating group) is 1. The summed E-state index contributed by atoms with van der Waals surface area (Å²) >= 11 is 0. The van der Waals surface area contributed by atoms with Crippen LogP contribution in [0.3, 0.4) is 0 Å². The van der Waals surface area contributed by atoms with Gasteiger partial charge in [0.05, 0.1) is 6.54 Å². The van der Waals surface area contributed by atoms with Crippen LogP contribution in [0.4, 0.5) is 13.2 Å². The van der Waals surface area contributed by atoms with E-state index in [4.69, 9.17) is 4.74 Å². The van der Waals surface area contributed by atoms with Gasteiger partial charge in [-0.2, -0.15) is 0 Å². The molecule has 0 aromatic heterocycles. The molecule has 3 fully saturated rings. The summed E-state index contributed by atoms with van der Waals surface area (Å²) in [5.41, 5.74) is 0.0149. The Hall–Kier alpha value is -4.96. The number of carbonyl (C=O) groups is 7. The zero-order chi connectivity index (χ0) is 39.0. The molecule has 17 heteroatoms. The summed E-state index contributed by atoms with van der Waals surface area (Å²) in [6, 6.07) is -5.31. The van der Waals surface area contributed by atoms with Crippen molar-refractivity contribution >= 4 is 41.4 Å². The number of hydrogen-bond donors (Lipinski definition) is 3. The number of benzene rings is 1. The second-order valence-corrected chi connectivity index (χ2v) is 13.7. The standard InChI is InChI=1S/C36H47F3N6O8/c1-5-6-7-8-11-30(46)41-26(15-22-13-23(37)16-24(38)14-22)32(48)42-27-19-53-36(52)29-17-25(39)18-45(29)33(49)20(2)40-31(47)21(3)43(4)35(51)28-10-9-12-44(28)34(27)50/h8,11,13-14,16,20-21,25-29H,5-7,9-10,12,15,17-19H2,1-4H3,(H,40,47)(H,41,46)(H,42,48)/t20-,21-,25-,26+,27-,28-,29-/m0/s1. The van der Waals surface area contributed by atoms with Gasteiger partial charge in [-0.1, -0.05) is 25.8 Å². The number of alkyl halides is 1. The number of nitrogens with one attached hydrogen (secondary N) is 3. The summed E-state index contributed by atoms with van der Waals surface area (Å²) in [6.45, 7) is 3.57. The normalized spacial score (nSPS) is 26.6. The predicted octanol–water partition coefficient (Wildman–Crippen LogP) is 1.06. The molecule has 0 spiro atoms. The van der Waals surface area contributed by atoms with Crippen LogP contribution in [0.1, 0.15) is 64.9 Å². The minimum absolute atomic E-state index is 0.0149. The maximum atomic E-state index is 14.7. The Bertz CT molecular complexity index is 1590. The highest BCUT2D eigenvalue weighted by Crippen LogP contribution is 2.25. The molecule has 290 valence electrons. The molecule has 0 bridgehead atoms. The number of ether oxygens (including phenoxy) is 1. The van der Waals surface area contributed by atoms with E-state index in [1.54, 1.807) is 6.08 Å². The molecule has 3 saturated heterocycles. The van der Waals surface area contributed by atoms with Gasteiger partial charge in [0.15, 0.2) is 0 Å². The lowest BCUT2D eigenvalue weighted by molar-refractivity contribution is -0.158. The van der Waals surface area contributed by atoms with Gasteiger partial charge in [0.1, 0.15) is 60.7 Å². The van der Waals surface area contributed by atoms with Crippen LogP contribution in [-0.4, -0.2) is 125 Å². The number of esters is 1. The number of allylic oxidation sites excluding steroid dienone is 1. The summed E-state index contributed by atoms with van der Waals surface area (Å²) in [6.07, 6.45) is 3.25. The van der Waals surface area contributed by atoms with Crippen molar-refractivity contribution in [3.63, 3.8) is 0 Å². The summed E-state index contributed by atoms with van der Waals surface area (Å²) in [5.74, 6) is -7.49. The van der Waals surface area contributed by atoms with Gasteiger partial charge in [-0.3, -0.25) is 28.8 Å². The van der Waals surface area contributed by atoms with E-state index in [9.17, 15) is 46.7 Å². The maximum absolute atomic E-state index is 14.7. The van der Waals surface area contributed by atoms with E-state index in [-0.39, 0.29) is 18.5 Å². The molecule has 14 nitrogen and oxygen atoms in total. The third-order valence-corrected chi connectivity index (χ3v) is 9.66. The zero-order valence-corrected chi connectivity index (χ0v) is 30.2. The monoisotopic (exact) mass is 748 g/mol. The van der Waals surface area contributed by atoms with E-state index < -0.39 is 121 Å². The first kappa shape index (κ1) is 40.8. The van der Waals surface area contributed by atoms with Crippen molar-refractivity contribution in [3.8, 4) is 0 Å². The molecule has 3 N–H and O–H groups in total. The Labute approximate surface area is 305 Å². The third-order valence-electron chi connectivity index (χ3n) is 9.66. The number of fused-ring (bicyclic) bond motifs is 2. The topological polar surface area (TPSA) is 175 Å². The van der Waals surface area contributed by atoms with Gasteiger partial charge in [0.2, 0.25) is 35.4 Å². The minimum atomic E-state index is -1.66. The average Bonchev–Trinajstić information content (AvgIpc) is 3.76. The molecule has 0 unspecified atom stereocenters. The van der Waals surface area contributed by atoms with Crippen LogP contribution in [0.2, 0.25) is 0 Å². The number of amides is 6. The van der Waals surface area contributed by atoms with E-state index in [1.165, 1.54) is 31.9 Å². The Morgan fingerprint density at radius 1 is 1.02 bits per heavy atom. The Morgan fingerprint density at radius 2 is 1.72 bits per heavy atom. The van der Waals surface area contributed by atoms with E-state index >= 15 is 0 Å². The summed E-state index contributed by atoms with van der Waals surface area (Å²) in [4.78, 5) is 97.7. The molecule has 3 aliphatic heterocycles. The molecule has 3 aliphatic rings. The first-order chi connectivity index (χ1) is 25.1. The summed E-state index contributed by atoms with van der Waals surface area (Å²) < 4.78 is 48.3. The summed E-state index contributed by atoms with van der Waals surface area (Å²) in [7, 11) is 1.37. The van der Waals surface area contributed by atoms with Gasteiger partial charge in [0, 0.05) is 32.5 Å². The van der Waals surface area contributed by atoms with Crippen molar-refractivity contribution in [3.05, 3.63) is 47.5 Å². The number of cyclic esters (lactones) is 1. The molecule has 1 aromatic rings. The van der Waals surface area contributed by atoms with E-state index in [0.717, 1.165) is 34.8 Å². The van der Waals surface area contributed by atoms with Crippen LogP contribution in [-0.2, 0) is 44.7 Å². The highest BCUT2D eigenvalue weighted by Gasteiger charge is 2.45. The Balaban J connectivity index is 1.68. The highest BCUT2D eigenvalue weighted by atomic mass is 19.1. The van der Waals surface area contributed by atoms with E-state index in [1.807, 2.05) is 6.92 Å². The van der Waals surface area contributed by atoms with Crippen molar-refractivity contribution in [2.45, 2.75) is 108 Å². The van der Waals surface area contributed by atoms with Gasteiger partial charge in [-0.15, -0.1) is 0 Å². The number of hydrogen-bond acceptors (Lipinski definition) is 8. The molecule has 0 radical (unpaired) electrons. The van der Waals surface area contributed by atoms with Crippen LogP contribution in [0, 0.1) is 11.6 Å². The molecule has 1 aromatic carbocycles. The van der Waals surface area contributed by atoms with Gasteiger partial charge >= 0.3 is 5.97 Å². The second kappa shape index (κ2) is 18.2. The largest absolute Gasteiger partial charge is 0.461 e. The Morgan fingerprint density at radius 3 is 2.40 bits per heavy atom. The van der Waals surface area contributed by atoms with E-state index in [2.05, 4.69) is 16.0 Å². The SMILES string of the molecule is CCCCC=CC(=O)N[C@H](Cc1cc(F)cc(F)c1)C(=O)N[C@H]1COC(=O)[C@@H]2C[C@H](F)CN2C(=O)[C@H](C)NC(=O)[C@H](C)N(C)C(=O)[C@@H]2CCCN2C1=O. The molecular weight excluding hydrogens is 701 g/mol. The van der Waals surface area contributed by atoms with Crippen LogP contribution in [0.15, 0.2) is 30.4 Å². The first-order valence-corrected chi connectivity index (χ1v) is 17.8. The maximum Gasteiger partial charge on any atom is 0.329 e. The molecule has 0 saturated carbocycles. The van der Waals surface area contributed by atoms with E-state index in [0.29, 0.717) is 18.9 Å². The minimum Gasteiger partial charge on any atom is -0.461 e. The smallest absolute Gasteiger partial charge is 0.329 e. The molecule has 53 heavy (non-hydrogen) atoms. The fourth-order valence-electron chi connectivity index (χ4n) is 6.60. The lowest BCUT2D eigenvalue weighted by Crippen LogP contribution is -2.60. The predicted molar refractivity (Wildman–Crippen MR) is 183 cm³/mol. The van der Waals surface area contributed by atoms with Crippen molar-refractivity contribution in [2.24, 2.45) is 0 Å². The fraction of sp³-hybridized carbons (Fsp3) is 0.583. The van der Waals surface area contributed by atoms with Crippen molar-refractivity contribution < 1.29 is 51.5 Å². The summed E-state index contributed by atoms with van der Waals surface area (Å²) in [5, 5.41) is 7.50. The quantitative estimate of drug-likeness (QED) is 0.191. The lowest BCUT2D eigenvalue weighted by atomic mass is 10.0. The molecule has 3 heterocycles. The van der Waals surface area contributed by atoms with Gasteiger partial charge in [0.25, 0.3) is 0 Å². The van der Waals surface area contributed by atoms with Gasteiger partial charge in [-0.25, -0.2) is 18.0 Å². The van der Waals surface area contributed by atoms with Gasteiger partial charge in [-0.05, 0) is 56.9 Å². The van der Waals surface area contributed by atoms with Crippen LogP contribution in [0.25, 0.3) is 0 Å². The van der Waals surface area contributed by atoms with Crippen LogP contribution in [0.5, 0.6) is 0 Å². The van der Waals surface area contributed by atoms with Crippen LogP contribution < -0.4 is 16.0 Å². The molecule has 4 rings (SSSR count). The van der Waals surface area contributed by atoms with Crippen LogP contribution >= 0.6 is 0 Å². The van der Waals surface area contributed by atoms with Crippen molar-refractivity contribution in [2.75, 3.05) is 26.7 Å². The average molecular weight is 749 g/mol. The number of rotatable bonds is 9. The number of halogens is 3. The second-order valence-electron chi connectivity index (χ2n) is 13.7. The van der Waals surface area contributed by atoms with Crippen molar-refractivity contribution in [1.29, 1.82) is 0 Å². The Kier molecular flexibility index (Phi) is 14.0. The van der Waals surface area contributed by atoms with Crippen molar-refractivity contribution in [1.82, 2.24) is 30.7 Å².